The second-order valence-electron chi connectivity index (χ2n) is 4.37. The SMILES string of the molecule is CCCC[Te+](/C=C/c1ccccc1)CCCC. The topological polar surface area (TPSA) is 0 Å². The summed E-state index contributed by atoms with van der Waals surface area (Å²) in [7, 11) is 0. The third kappa shape index (κ3) is 6.92. The monoisotopic (exact) mass is 347 g/mol. The quantitative estimate of drug-likeness (QED) is 0.559. The number of hydrogen-bond donors (Lipinski definition) is 0. The first-order valence-electron chi connectivity index (χ1n) is 6.76. The summed E-state index contributed by atoms with van der Waals surface area (Å²) in [5, 5.41) is 0. The van der Waals surface area contributed by atoms with Gasteiger partial charge >= 0.3 is 114 Å². The van der Waals surface area contributed by atoms with E-state index in [0.717, 1.165) is 0 Å². The first-order valence-corrected chi connectivity index (χ1v) is 11.4. The molecule has 0 nitrogen and oxygen atoms in total. The fourth-order valence-corrected chi connectivity index (χ4v) is 7.76. The average molecular weight is 345 g/mol. The van der Waals surface area contributed by atoms with Crippen LogP contribution in [0, 0.1) is 0 Å². The van der Waals surface area contributed by atoms with E-state index < -0.39 is 19.6 Å². The van der Waals surface area contributed by atoms with Crippen LogP contribution < -0.4 is 0 Å². The number of benzene rings is 1. The van der Waals surface area contributed by atoms with E-state index in [2.05, 4.69) is 54.4 Å². The molecule has 0 amide bonds. The zero-order chi connectivity index (χ0) is 12.3. The second-order valence-corrected chi connectivity index (χ2v) is 10.5. The molecular formula is C16H25Te+. The van der Waals surface area contributed by atoms with Crippen molar-refractivity contribution < 1.29 is 0 Å². The Morgan fingerprint density at radius 3 is 2.06 bits per heavy atom. The summed E-state index contributed by atoms with van der Waals surface area (Å²) >= 11 is -0.931. The van der Waals surface area contributed by atoms with E-state index in [-0.39, 0.29) is 0 Å². The molecular weight excluding hydrogens is 320 g/mol. The normalized spacial score (nSPS) is 11.5. The van der Waals surface area contributed by atoms with Crippen LogP contribution in [0.2, 0.25) is 8.94 Å². The van der Waals surface area contributed by atoms with Crippen molar-refractivity contribution in [1.29, 1.82) is 0 Å². The summed E-state index contributed by atoms with van der Waals surface area (Å²) in [5.74, 6) is 0. The zero-order valence-corrected chi connectivity index (χ0v) is 13.5. The molecule has 0 aliphatic carbocycles. The molecule has 0 unspecified atom stereocenters. The Kier molecular flexibility index (Phi) is 8.49. The molecule has 0 radical (unpaired) electrons. The van der Waals surface area contributed by atoms with E-state index in [4.69, 9.17) is 0 Å². The molecule has 0 heterocycles. The van der Waals surface area contributed by atoms with Gasteiger partial charge in [-0.15, -0.1) is 0 Å². The van der Waals surface area contributed by atoms with Gasteiger partial charge in [-0.1, -0.05) is 0 Å². The molecule has 1 aromatic carbocycles. The van der Waals surface area contributed by atoms with E-state index in [1.54, 1.807) is 0 Å². The van der Waals surface area contributed by atoms with Crippen molar-refractivity contribution in [2.24, 2.45) is 0 Å². The fourth-order valence-electron chi connectivity index (χ4n) is 1.64. The average Bonchev–Trinajstić information content (AvgIpc) is 2.39. The van der Waals surface area contributed by atoms with Gasteiger partial charge in [0.2, 0.25) is 0 Å². The van der Waals surface area contributed by atoms with Crippen molar-refractivity contribution in [1.82, 2.24) is 0 Å². The van der Waals surface area contributed by atoms with Crippen molar-refractivity contribution in [3.05, 3.63) is 40.0 Å². The van der Waals surface area contributed by atoms with Crippen LogP contribution in [0.3, 0.4) is 0 Å². The molecule has 0 saturated carbocycles. The van der Waals surface area contributed by atoms with Crippen molar-refractivity contribution in [2.45, 2.75) is 48.5 Å². The number of rotatable bonds is 8. The molecule has 0 spiro atoms. The Bertz CT molecular complexity index is 295. The van der Waals surface area contributed by atoms with Crippen LogP contribution >= 0.6 is 0 Å². The van der Waals surface area contributed by atoms with Gasteiger partial charge in [0.05, 0.1) is 0 Å². The van der Waals surface area contributed by atoms with Gasteiger partial charge in [-0.2, -0.15) is 0 Å². The number of unbranched alkanes of at least 4 members (excludes halogenated alkanes) is 2. The molecule has 17 heavy (non-hydrogen) atoms. The third-order valence-electron chi connectivity index (χ3n) is 2.77. The van der Waals surface area contributed by atoms with E-state index in [9.17, 15) is 0 Å². The van der Waals surface area contributed by atoms with Gasteiger partial charge in [0, 0.05) is 0 Å². The van der Waals surface area contributed by atoms with Crippen LogP contribution in [0.1, 0.15) is 45.1 Å². The maximum absolute atomic E-state index is 2.59. The van der Waals surface area contributed by atoms with Crippen LogP contribution in [0.4, 0.5) is 0 Å². The molecule has 0 aliphatic rings. The molecule has 0 aromatic heterocycles. The van der Waals surface area contributed by atoms with Crippen LogP contribution in [0.25, 0.3) is 6.08 Å². The van der Waals surface area contributed by atoms with E-state index in [0.29, 0.717) is 0 Å². The fraction of sp³-hybridized carbons (Fsp3) is 0.500. The van der Waals surface area contributed by atoms with Gasteiger partial charge < -0.3 is 0 Å². The molecule has 0 saturated heterocycles. The predicted octanol–water partition coefficient (Wildman–Crippen LogP) is 5.33. The van der Waals surface area contributed by atoms with Crippen molar-refractivity contribution in [2.75, 3.05) is 0 Å². The molecule has 1 aromatic rings. The molecule has 0 aliphatic heterocycles. The summed E-state index contributed by atoms with van der Waals surface area (Å²) in [6.45, 7) is 4.61. The minimum atomic E-state index is -0.931. The van der Waals surface area contributed by atoms with Gasteiger partial charge in [-0.3, -0.25) is 0 Å². The van der Waals surface area contributed by atoms with E-state index >= 15 is 0 Å². The molecule has 0 bridgehead atoms. The second kappa shape index (κ2) is 9.75. The Morgan fingerprint density at radius 1 is 0.941 bits per heavy atom. The predicted molar refractivity (Wildman–Crippen MR) is 80.7 cm³/mol. The van der Waals surface area contributed by atoms with Gasteiger partial charge in [0.1, 0.15) is 0 Å². The Balaban J connectivity index is 2.49. The maximum atomic E-state index is 2.59. The molecule has 94 valence electrons. The molecule has 1 heteroatoms. The Morgan fingerprint density at radius 2 is 1.53 bits per heavy atom. The summed E-state index contributed by atoms with van der Waals surface area (Å²) in [5.41, 5.74) is 1.37. The first-order chi connectivity index (χ1) is 8.36. The van der Waals surface area contributed by atoms with E-state index in [1.165, 1.54) is 40.2 Å². The van der Waals surface area contributed by atoms with Gasteiger partial charge in [-0.25, -0.2) is 0 Å². The first kappa shape index (κ1) is 14.8. The Labute approximate surface area is 114 Å². The summed E-state index contributed by atoms with van der Waals surface area (Å²) < 4.78 is 5.62. The summed E-state index contributed by atoms with van der Waals surface area (Å²) in [6, 6.07) is 10.7. The molecule has 0 fully saturated rings. The van der Waals surface area contributed by atoms with Crippen LogP contribution in [0.5, 0.6) is 0 Å². The van der Waals surface area contributed by atoms with Gasteiger partial charge in [0.25, 0.3) is 0 Å². The van der Waals surface area contributed by atoms with Crippen LogP contribution in [-0.4, -0.2) is 19.6 Å². The zero-order valence-electron chi connectivity index (χ0n) is 11.2. The molecule has 0 N–H and O–H groups in total. The molecule has 1 rings (SSSR count). The van der Waals surface area contributed by atoms with E-state index in [1.807, 2.05) is 0 Å². The number of hydrogen-bond acceptors (Lipinski definition) is 0. The minimum absolute atomic E-state index is 0.931. The summed E-state index contributed by atoms with van der Waals surface area (Å²) in [4.78, 5) is 0. The third-order valence-corrected chi connectivity index (χ3v) is 8.90. The Hall–Kier alpha value is -0.250. The van der Waals surface area contributed by atoms with Gasteiger partial charge in [0.15, 0.2) is 0 Å². The van der Waals surface area contributed by atoms with Gasteiger partial charge in [-0.05, 0) is 0 Å². The molecule has 0 atom stereocenters. The van der Waals surface area contributed by atoms with Crippen molar-refractivity contribution >= 4 is 25.6 Å². The standard InChI is InChI=1S/C16H25Te/c1-3-5-13-17(14-6-4-2)15-12-16-10-8-7-9-11-16/h7-12,15H,3-6,13-14H2,1-2H3/q+1/b15-12+. The van der Waals surface area contributed by atoms with Crippen molar-refractivity contribution in [3.63, 3.8) is 0 Å². The summed E-state index contributed by atoms with van der Waals surface area (Å²) in [6.07, 6.45) is 7.92. The van der Waals surface area contributed by atoms with Crippen LogP contribution in [0.15, 0.2) is 34.5 Å². The van der Waals surface area contributed by atoms with Crippen LogP contribution in [-0.2, 0) is 0 Å². The van der Waals surface area contributed by atoms with Crippen molar-refractivity contribution in [3.8, 4) is 0 Å².